The van der Waals surface area contributed by atoms with Gasteiger partial charge in [0.2, 0.25) is 5.88 Å². The van der Waals surface area contributed by atoms with Crippen LogP contribution >= 0.6 is 11.6 Å². The predicted octanol–water partition coefficient (Wildman–Crippen LogP) is 3.44. The van der Waals surface area contributed by atoms with E-state index < -0.39 is 27.2 Å². The van der Waals surface area contributed by atoms with Gasteiger partial charge in [-0.05, 0) is 54.6 Å². The average molecular weight is 527 g/mol. The number of halogens is 1. The number of anilines is 1. The molecule has 0 fully saturated rings. The Balaban J connectivity index is 1.62. The minimum Gasteiger partial charge on any atom is -0.495 e. The standard InChI is InChI=1S/C24H19ClN4O6S/c1-35-21-8-3-2-7-20(21)28-36(33,34)18-11-9-16(10-12-18)26-14-19-22(30)27-24(32)29(23(19)31)17-6-4-5-15(25)13-17/h2-14,28,31H,1H3,(H,27,30,32). The Morgan fingerprint density at radius 2 is 1.78 bits per heavy atom. The average Bonchev–Trinajstić information content (AvgIpc) is 2.84. The molecule has 0 bridgehead atoms. The molecule has 4 rings (SSSR count). The highest BCUT2D eigenvalue weighted by atomic mass is 35.5. The number of nitrogens with zero attached hydrogens (tertiary/aromatic N) is 2. The summed E-state index contributed by atoms with van der Waals surface area (Å²) in [6.45, 7) is 0. The van der Waals surface area contributed by atoms with Gasteiger partial charge >= 0.3 is 5.69 Å². The Morgan fingerprint density at radius 1 is 1.06 bits per heavy atom. The number of H-pyrrole nitrogens is 1. The molecule has 0 unspecified atom stereocenters. The van der Waals surface area contributed by atoms with Gasteiger partial charge < -0.3 is 9.84 Å². The van der Waals surface area contributed by atoms with E-state index in [1.165, 1.54) is 43.5 Å². The molecule has 1 aromatic heterocycles. The summed E-state index contributed by atoms with van der Waals surface area (Å²) < 4.78 is 34.0. The van der Waals surface area contributed by atoms with Crippen LogP contribution in [0.15, 0.2) is 92.3 Å². The van der Waals surface area contributed by atoms with Crippen LogP contribution in [0.1, 0.15) is 5.56 Å². The number of ether oxygens (including phenoxy) is 1. The van der Waals surface area contributed by atoms with Crippen molar-refractivity contribution in [2.75, 3.05) is 11.8 Å². The molecule has 0 amide bonds. The summed E-state index contributed by atoms with van der Waals surface area (Å²) in [7, 11) is -2.48. The van der Waals surface area contributed by atoms with E-state index in [4.69, 9.17) is 16.3 Å². The van der Waals surface area contributed by atoms with Crippen LogP contribution in [0.2, 0.25) is 5.02 Å². The van der Waals surface area contributed by atoms with E-state index in [-0.39, 0.29) is 21.8 Å². The first-order valence-corrected chi connectivity index (χ1v) is 12.2. The van der Waals surface area contributed by atoms with E-state index >= 15 is 0 Å². The molecule has 4 aromatic rings. The van der Waals surface area contributed by atoms with Gasteiger partial charge in [0.1, 0.15) is 11.3 Å². The smallest absolute Gasteiger partial charge is 0.335 e. The minimum absolute atomic E-state index is 0.0254. The second kappa shape index (κ2) is 10.1. The summed E-state index contributed by atoms with van der Waals surface area (Å²) in [5.74, 6) is -0.263. The number of methoxy groups -OCH3 is 1. The van der Waals surface area contributed by atoms with Crippen molar-refractivity contribution in [2.45, 2.75) is 4.90 Å². The number of hydrogen-bond donors (Lipinski definition) is 3. The van der Waals surface area contributed by atoms with E-state index in [1.54, 1.807) is 36.4 Å². The highest BCUT2D eigenvalue weighted by Crippen LogP contribution is 2.27. The van der Waals surface area contributed by atoms with Gasteiger partial charge in [-0.2, -0.15) is 0 Å². The number of benzene rings is 3. The van der Waals surface area contributed by atoms with Crippen LogP contribution in [0.25, 0.3) is 5.69 Å². The molecule has 0 atom stereocenters. The molecule has 0 aliphatic rings. The number of aliphatic imine (C=N–C) groups is 1. The van der Waals surface area contributed by atoms with E-state index in [0.717, 1.165) is 10.8 Å². The first-order valence-electron chi connectivity index (χ1n) is 10.3. The van der Waals surface area contributed by atoms with Crippen molar-refractivity contribution in [3.8, 4) is 17.3 Å². The Kier molecular flexibility index (Phi) is 6.95. The van der Waals surface area contributed by atoms with Gasteiger partial charge in [-0.25, -0.2) is 17.8 Å². The lowest BCUT2D eigenvalue weighted by molar-refractivity contribution is 0.417. The maximum atomic E-state index is 12.8. The largest absolute Gasteiger partial charge is 0.495 e. The number of hydrogen-bond acceptors (Lipinski definition) is 7. The molecule has 12 heteroatoms. The summed E-state index contributed by atoms with van der Waals surface area (Å²) in [4.78, 5) is 30.8. The van der Waals surface area contributed by atoms with Crippen LogP contribution in [0.3, 0.4) is 0 Å². The van der Waals surface area contributed by atoms with Crippen molar-refractivity contribution in [3.05, 3.63) is 104 Å². The fourth-order valence-electron chi connectivity index (χ4n) is 3.29. The number of aromatic nitrogens is 2. The van der Waals surface area contributed by atoms with Crippen LogP contribution in [0.5, 0.6) is 11.6 Å². The van der Waals surface area contributed by atoms with Crippen molar-refractivity contribution >= 4 is 39.2 Å². The van der Waals surface area contributed by atoms with Crippen molar-refractivity contribution in [3.63, 3.8) is 0 Å². The summed E-state index contributed by atoms with van der Waals surface area (Å²) in [6, 6.07) is 18.3. The number of nitrogens with one attached hydrogen (secondary N) is 2. The van der Waals surface area contributed by atoms with Gasteiger partial charge in [-0.1, -0.05) is 29.8 Å². The number of aromatic hydroxyl groups is 1. The number of sulfonamides is 1. The van der Waals surface area contributed by atoms with E-state index in [2.05, 4.69) is 14.7 Å². The second-order valence-electron chi connectivity index (χ2n) is 7.37. The maximum Gasteiger partial charge on any atom is 0.335 e. The zero-order chi connectivity index (χ0) is 25.9. The third-order valence-corrected chi connectivity index (χ3v) is 6.64. The Morgan fingerprint density at radius 3 is 2.47 bits per heavy atom. The zero-order valence-corrected chi connectivity index (χ0v) is 20.2. The van der Waals surface area contributed by atoms with Gasteiger partial charge in [0, 0.05) is 11.2 Å². The monoisotopic (exact) mass is 526 g/mol. The second-order valence-corrected chi connectivity index (χ2v) is 9.49. The molecule has 0 radical (unpaired) electrons. The summed E-state index contributed by atoms with van der Waals surface area (Å²) in [5, 5.41) is 10.9. The van der Waals surface area contributed by atoms with Crippen LogP contribution in [0.4, 0.5) is 11.4 Å². The summed E-state index contributed by atoms with van der Waals surface area (Å²) in [6.07, 6.45) is 1.07. The number of rotatable bonds is 7. The fourth-order valence-corrected chi connectivity index (χ4v) is 4.55. The molecule has 0 saturated heterocycles. The Bertz CT molecular complexity index is 1680. The summed E-state index contributed by atoms with van der Waals surface area (Å²) in [5.41, 5.74) is -1.15. The van der Waals surface area contributed by atoms with E-state index in [0.29, 0.717) is 16.5 Å². The van der Waals surface area contributed by atoms with Crippen molar-refractivity contribution in [2.24, 2.45) is 4.99 Å². The molecule has 0 saturated carbocycles. The third kappa shape index (κ3) is 5.16. The van der Waals surface area contributed by atoms with E-state index in [9.17, 15) is 23.1 Å². The lowest BCUT2D eigenvalue weighted by Gasteiger charge is -2.11. The van der Waals surface area contributed by atoms with Crippen LogP contribution in [-0.4, -0.2) is 36.4 Å². The highest BCUT2D eigenvalue weighted by Gasteiger charge is 2.17. The number of aromatic amines is 1. The van der Waals surface area contributed by atoms with Crippen LogP contribution in [0, 0.1) is 0 Å². The molecule has 0 spiro atoms. The molecule has 3 aromatic carbocycles. The van der Waals surface area contributed by atoms with E-state index in [1.807, 2.05) is 0 Å². The first-order chi connectivity index (χ1) is 17.2. The van der Waals surface area contributed by atoms with Gasteiger partial charge in [-0.15, -0.1) is 0 Å². The fraction of sp³-hybridized carbons (Fsp3) is 0.0417. The summed E-state index contributed by atoms with van der Waals surface area (Å²) >= 11 is 5.97. The SMILES string of the molecule is COc1ccccc1NS(=O)(=O)c1ccc(N=Cc2c(O)n(-c3cccc(Cl)c3)c(=O)[nH]c2=O)cc1. The lowest BCUT2D eigenvalue weighted by Crippen LogP contribution is -2.31. The molecule has 3 N–H and O–H groups in total. The maximum absolute atomic E-state index is 12.8. The van der Waals surface area contributed by atoms with Gasteiger partial charge in [-0.3, -0.25) is 19.5 Å². The quantitative estimate of drug-likeness (QED) is 0.315. The van der Waals surface area contributed by atoms with Crippen LogP contribution in [-0.2, 0) is 10.0 Å². The molecule has 1 heterocycles. The third-order valence-electron chi connectivity index (χ3n) is 5.03. The van der Waals surface area contributed by atoms with Gasteiger partial charge in [0.25, 0.3) is 15.6 Å². The van der Waals surface area contributed by atoms with Crippen molar-refractivity contribution < 1.29 is 18.3 Å². The molecule has 0 aliphatic heterocycles. The molecular weight excluding hydrogens is 508 g/mol. The molecular formula is C24H19ClN4O6S. The topological polar surface area (TPSA) is 143 Å². The highest BCUT2D eigenvalue weighted by molar-refractivity contribution is 7.92. The molecule has 0 aliphatic carbocycles. The van der Waals surface area contributed by atoms with Crippen molar-refractivity contribution in [1.82, 2.24) is 9.55 Å². The first kappa shape index (κ1) is 24.8. The molecule has 10 nitrogen and oxygen atoms in total. The minimum atomic E-state index is -3.91. The normalized spacial score (nSPS) is 11.5. The van der Waals surface area contributed by atoms with Gasteiger partial charge in [0.15, 0.2) is 0 Å². The number of para-hydroxylation sites is 2. The zero-order valence-electron chi connectivity index (χ0n) is 18.7. The molecule has 36 heavy (non-hydrogen) atoms. The van der Waals surface area contributed by atoms with Crippen molar-refractivity contribution in [1.29, 1.82) is 0 Å². The van der Waals surface area contributed by atoms with Gasteiger partial charge in [0.05, 0.1) is 29.1 Å². The molecule has 184 valence electrons. The Hall–Kier alpha value is -4.35. The Labute approximate surface area is 210 Å². The van der Waals surface area contributed by atoms with Crippen LogP contribution < -0.4 is 20.7 Å². The predicted molar refractivity (Wildman–Crippen MR) is 137 cm³/mol. The lowest BCUT2D eigenvalue weighted by atomic mass is 10.3.